The van der Waals surface area contributed by atoms with Crippen LogP contribution in [0.3, 0.4) is 0 Å². The Kier molecular flexibility index (Phi) is 8.46. The molecule has 0 spiro atoms. The van der Waals surface area contributed by atoms with Crippen LogP contribution >= 0.6 is 0 Å². The van der Waals surface area contributed by atoms with Crippen molar-refractivity contribution in [1.29, 1.82) is 0 Å². The smallest absolute Gasteiger partial charge is 0.0771 e. The first-order valence-corrected chi connectivity index (χ1v) is 7.25. The van der Waals surface area contributed by atoms with E-state index in [1.165, 1.54) is 0 Å². The number of hydrogen-bond acceptors (Lipinski definition) is 4. The lowest BCUT2D eigenvalue weighted by Gasteiger charge is -2.13. The molecule has 0 aliphatic rings. The Labute approximate surface area is 121 Å². The van der Waals surface area contributed by atoms with Crippen molar-refractivity contribution in [2.75, 3.05) is 13.2 Å². The predicted molar refractivity (Wildman–Crippen MR) is 78.3 cm³/mol. The molecule has 0 radical (unpaired) electrons. The number of aliphatic hydroxyl groups is 2. The highest BCUT2D eigenvalue weighted by atomic mass is 16.5. The van der Waals surface area contributed by atoms with Crippen LogP contribution in [-0.2, 0) is 22.7 Å². The molecule has 0 aliphatic heterocycles. The minimum absolute atomic E-state index is 0.347. The van der Waals surface area contributed by atoms with Crippen molar-refractivity contribution in [3.63, 3.8) is 0 Å². The largest absolute Gasteiger partial charge is 0.391 e. The molecule has 1 aromatic rings. The molecule has 0 bridgehead atoms. The lowest BCUT2D eigenvalue weighted by Crippen LogP contribution is -2.15. The molecule has 1 aromatic carbocycles. The van der Waals surface area contributed by atoms with Crippen LogP contribution in [-0.4, -0.2) is 35.6 Å². The van der Waals surface area contributed by atoms with Crippen molar-refractivity contribution in [3.05, 3.63) is 35.4 Å². The molecule has 1 rings (SSSR count). The van der Waals surface area contributed by atoms with E-state index in [-0.39, 0.29) is 0 Å². The zero-order valence-electron chi connectivity index (χ0n) is 12.4. The van der Waals surface area contributed by atoms with Gasteiger partial charge in [0.15, 0.2) is 0 Å². The maximum atomic E-state index is 9.46. The molecule has 2 unspecified atom stereocenters. The first-order valence-electron chi connectivity index (χ1n) is 7.25. The van der Waals surface area contributed by atoms with Gasteiger partial charge < -0.3 is 19.7 Å². The molecular weight excluding hydrogens is 256 g/mol. The molecule has 0 heterocycles. The van der Waals surface area contributed by atoms with Gasteiger partial charge in [0, 0.05) is 0 Å². The third-order valence-electron chi connectivity index (χ3n) is 3.20. The average Bonchev–Trinajstić information content (AvgIpc) is 2.48. The Hall–Kier alpha value is -0.940. The van der Waals surface area contributed by atoms with Crippen molar-refractivity contribution in [1.82, 2.24) is 0 Å². The molecule has 0 saturated carbocycles. The van der Waals surface area contributed by atoms with Gasteiger partial charge in [0.25, 0.3) is 0 Å². The molecule has 0 amide bonds. The van der Waals surface area contributed by atoms with E-state index in [0.717, 1.165) is 11.1 Å². The normalized spacial score (nSPS) is 14.2. The van der Waals surface area contributed by atoms with Crippen molar-refractivity contribution in [2.24, 2.45) is 0 Å². The quantitative estimate of drug-likeness (QED) is 0.691. The van der Waals surface area contributed by atoms with Crippen molar-refractivity contribution in [3.8, 4) is 0 Å². The lowest BCUT2D eigenvalue weighted by atomic mass is 10.1. The molecule has 114 valence electrons. The summed E-state index contributed by atoms with van der Waals surface area (Å²) in [4.78, 5) is 0. The molecule has 4 nitrogen and oxygen atoms in total. The van der Waals surface area contributed by atoms with E-state index < -0.39 is 12.2 Å². The minimum atomic E-state index is -0.405. The maximum absolute atomic E-state index is 9.46. The Morgan fingerprint density at radius 3 is 1.60 bits per heavy atom. The van der Waals surface area contributed by atoms with E-state index in [0.29, 0.717) is 39.3 Å². The first kappa shape index (κ1) is 17.1. The summed E-state index contributed by atoms with van der Waals surface area (Å²) in [5.74, 6) is 0. The molecule has 20 heavy (non-hydrogen) atoms. The number of ether oxygens (including phenoxy) is 2. The molecule has 0 aliphatic carbocycles. The fraction of sp³-hybridized carbons (Fsp3) is 0.625. The Bertz CT molecular complexity index is 332. The lowest BCUT2D eigenvalue weighted by molar-refractivity contribution is 0.0199. The van der Waals surface area contributed by atoms with Gasteiger partial charge in [0.1, 0.15) is 0 Å². The summed E-state index contributed by atoms with van der Waals surface area (Å²) in [5, 5.41) is 18.9. The third-order valence-corrected chi connectivity index (χ3v) is 3.20. The summed E-state index contributed by atoms with van der Waals surface area (Å²) in [6.45, 7) is 5.48. The van der Waals surface area contributed by atoms with Crippen LogP contribution in [0, 0.1) is 0 Å². The minimum Gasteiger partial charge on any atom is -0.391 e. The number of benzene rings is 1. The summed E-state index contributed by atoms with van der Waals surface area (Å²) >= 11 is 0. The van der Waals surface area contributed by atoms with Crippen LogP contribution in [0.1, 0.15) is 37.8 Å². The topological polar surface area (TPSA) is 58.9 Å². The monoisotopic (exact) mass is 282 g/mol. The standard InChI is InChI=1S/C16H26O4/c1-3-15(17)11-19-9-13-7-5-6-8-14(13)10-20-12-16(18)4-2/h5-8,15-18H,3-4,9-12H2,1-2H3. The fourth-order valence-electron chi connectivity index (χ4n) is 1.68. The average molecular weight is 282 g/mol. The van der Waals surface area contributed by atoms with Gasteiger partial charge in [0.05, 0.1) is 38.6 Å². The zero-order chi connectivity index (χ0) is 14.8. The maximum Gasteiger partial charge on any atom is 0.0771 e. The molecular formula is C16H26O4. The summed E-state index contributed by atoms with van der Waals surface area (Å²) in [5.41, 5.74) is 2.11. The highest BCUT2D eigenvalue weighted by Crippen LogP contribution is 2.12. The van der Waals surface area contributed by atoms with Crippen molar-refractivity contribution < 1.29 is 19.7 Å². The van der Waals surface area contributed by atoms with Gasteiger partial charge in [0.2, 0.25) is 0 Å². The van der Waals surface area contributed by atoms with Gasteiger partial charge in [-0.2, -0.15) is 0 Å². The molecule has 0 fully saturated rings. The van der Waals surface area contributed by atoms with Crippen LogP contribution in [0.2, 0.25) is 0 Å². The van der Waals surface area contributed by atoms with Gasteiger partial charge in [-0.15, -0.1) is 0 Å². The second-order valence-electron chi connectivity index (χ2n) is 4.92. The number of hydrogen-bond donors (Lipinski definition) is 2. The summed E-state index contributed by atoms with van der Waals surface area (Å²) in [6.07, 6.45) is 0.579. The summed E-state index contributed by atoms with van der Waals surface area (Å²) < 4.78 is 11.0. The second-order valence-corrected chi connectivity index (χ2v) is 4.92. The van der Waals surface area contributed by atoms with Gasteiger partial charge >= 0.3 is 0 Å². The summed E-state index contributed by atoms with van der Waals surface area (Å²) in [7, 11) is 0. The molecule has 2 N–H and O–H groups in total. The fourth-order valence-corrected chi connectivity index (χ4v) is 1.68. The van der Waals surface area contributed by atoms with Crippen LogP contribution in [0.5, 0.6) is 0 Å². The Balaban J connectivity index is 2.42. The van der Waals surface area contributed by atoms with E-state index in [4.69, 9.17) is 9.47 Å². The highest BCUT2D eigenvalue weighted by molar-refractivity contribution is 5.25. The zero-order valence-corrected chi connectivity index (χ0v) is 12.4. The molecule has 0 saturated heterocycles. The van der Waals surface area contributed by atoms with Crippen LogP contribution in [0.4, 0.5) is 0 Å². The van der Waals surface area contributed by atoms with Crippen molar-refractivity contribution >= 4 is 0 Å². The van der Waals surface area contributed by atoms with E-state index >= 15 is 0 Å². The van der Waals surface area contributed by atoms with Crippen molar-refractivity contribution in [2.45, 2.75) is 52.1 Å². The number of aliphatic hydroxyl groups excluding tert-OH is 2. The van der Waals surface area contributed by atoms with Gasteiger partial charge in [-0.3, -0.25) is 0 Å². The van der Waals surface area contributed by atoms with Gasteiger partial charge in [-0.1, -0.05) is 38.1 Å². The molecule has 0 aromatic heterocycles. The van der Waals surface area contributed by atoms with Crippen LogP contribution in [0.25, 0.3) is 0 Å². The predicted octanol–water partition coefficient (Wildman–Crippen LogP) is 2.26. The Morgan fingerprint density at radius 2 is 1.25 bits per heavy atom. The van der Waals surface area contributed by atoms with E-state index in [1.54, 1.807) is 0 Å². The Morgan fingerprint density at radius 1 is 0.850 bits per heavy atom. The molecule has 2 atom stereocenters. The third kappa shape index (κ3) is 6.48. The van der Waals surface area contributed by atoms with Gasteiger partial charge in [-0.25, -0.2) is 0 Å². The first-order chi connectivity index (χ1) is 9.67. The SMILES string of the molecule is CCC(O)COCc1ccccc1COCC(O)CC. The van der Waals surface area contributed by atoms with E-state index in [1.807, 2.05) is 38.1 Å². The number of rotatable bonds is 10. The second kappa shape index (κ2) is 9.88. The molecule has 4 heteroatoms. The highest BCUT2D eigenvalue weighted by Gasteiger charge is 2.06. The van der Waals surface area contributed by atoms with E-state index in [2.05, 4.69) is 0 Å². The van der Waals surface area contributed by atoms with Crippen LogP contribution in [0.15, 0.2) is 24.3 Å². The van der Waals surface area contributed by atoms with E-state index in [9.17, 15) is 10.2 Å². The van der Waals surface area contributed by atoms with Gasteiger partial charge in [-0.05, 0) is 24.0 Å². The van der Waals surface area contributed by atoms with Crippen LogP contribution < -0.4 is 0 Å². The summed E-state index contributed by atoms with van der Waals surface area (Å²) in [6, 6.07) is 7.90.